The molecule has 5 heteroatoms. The van der Waals surface area contributed by atoms with Gasteiger partial charge in [-0.3, -0.25) is 4.79 Å². The number of rotatable bonds is 3. The van der Waals surface area contributed by atoms with Gasteiger partial charge in [-0.25, -0.2) is 0 Å². The Hall–Kier alpha value is -0.580. The van der Waals surface area contributed by atoms with E-state index in [0.29, 0.717) is 23.8 Å². The molecule has 1 aromatic rings. The van der Waals surface area contributed by atoms with Crippen LogP contribution >= 0.6 is 27.5 Å². The molecule has 0 unspecified atom stereocenters. The summed E-state index contributed by atoms with van der Waals surface area (Å²) >= 11 is 9.50. The first kappa shape index (κ1) is 14.8. The van der Waals surface area contributed by atoms with Crippen molar-refractivity contribution >= 4 is 33.4 Å². The molecule has 2 rings (SSSR count). The minimum Gasteiger partial charge on any atom is -0.381 e. The Labute approximate surface area is 126 Å². The number of benzene rings is 1. The van der Waals surface area contributed by atoms with Gasteiger partial charge in [0, 0.05) is 29.1 Å². The van der Waals surface area contributed by atoms with Crippen molar-refractivity contribution in [3.05, 3.63) is 34.3 Å². The van der Waals surface area contributed by atoms with Crippen molar-refractivity contribution in [3.63, 3.8) is 0 Å². The average molecular weight is 347 g/mol. The third-order valence-corrected chi connectivity index (χ3v) is 4.68. The topological polar surface area (TPSA) is 38.3 Å². The van der Waals surface area contributed by atoms with Crippen LogP contribution in [-0.2, 0) is 4.74 Å². The standard InChI is InChI=1S/C14H17BrClNO2/c1-10-6-11(8-12(16)7-10)13(18)17-14(9-15)2-4-19-5-3-14/h6-8H,2-5,9H2,1H3,(H,17,18). The molecule has 1 aliphatic rings. The zero-order chi connectivity index (χ0) is 13.9. The second-order valence-corrected chi connectivity index (χ2v) is 5.99. The normalized spacial score (nSPS) is 18.1. The van der Waals surface area contributed by atoms with Crippen molar-refractivity contribution in [3.8, 4) is 0 Å². The number of ether oxygens (including phenoxy) is 1. The largest absolute Gasteiger partial charge is 0.381 e. The SMILES string of the molecule is Cc1cc(Cl)cc(C(=O)NC2(CBr)CCOCC2)c1. The van der Waals surface area contributed by atoms with Crippen molar-refractivity contribution in [2.45, 2.75) is 25.3 Å². The van der Waals surface area contributed by atoms with E-state index in [4.69, 9.17) is 16.3 Å². The van der Waals surface area contributed by atoms with Crippen molar-refractivity contribution in [1.29, 1.82) is 0 Å². The van der Waals surface area contributed by atoms with E-state index >= 15 is 0 Å². The number of amides is 1. The summed E-state index contributed by atoms with van der Waals surface area (Å²) in [6, 6.07) is 5.39. The van der Waals surface area contributed by atoms with E-state index in [1.54, 1.807) is 6.07 Å². The molecule has 1 amide bonds. The van der Waals surface area contributed by atoms with E-state index in [1.807, 2.05) is 19.1 Å². The molecule has 0 bridgehead atoms. The van der Waals surface area contributed by atoms with Crippen LogP contribution in [-0.4, -0.2) is 30.0 Å². The van der Waals surface area contributed by atoms with Crippen LogP contribution in [0.3, 0.4) is 0 Å². The van der Waals surface area contributed by atoms with Gasteiger partial charge in [0.1, 0.15) is 0 Å². The lowest BCUT2D eigenvalue weighted by molar-refractivity contribution is 0.0442. The van der Waals surface area contributed by atoms with Gasteiger partial charge in [-0.1, -0.05) is 27.5 Å². The fourth-order valence-corrected chi connectivity index (χ4v) is 3.23. The number of hydrogen-bond donors (Lipinski definition) is 1. The zero-order valence-corrected chi connectivity index (χ0v) is 13.2. The van der Waals surface area contributed by atoms with Gasteiger partial charge in [-0.15, -0.1) is 0 Å². The predicted octanol–water partition coefficient (Wildman–Crippen LogP) is 3.32. The summed E-state index contributed by atoms with van der Waals surface area (Å²) in [6.07, 6.45) is 1.65. The van der Waals surface area contributed by atoms with E-state index < -0.39 is 0 Å². The minimum atomic E-state index is -0.217. The Morgan fingerprint density at radius 2 is 2.11 bits per heavy atom. The van der Waals surface area contributed by atoms with Gasteiger partial charge < -0.3 is 10.1 Å². The third-order valence-electron chi connectivity index (χ3n) is 3.39. The number of halogens is 2. The summed E-state index contributed by atoms with van der Waals surface area (Å²) in [5.74, 6) is -0.0769. The summed E-state index contributed by atoms with van der Waals surface area (Å²) in [5, 5.41) is 4.45. The van der Waals surface area contributed by atoms with Crippen molar-refractivity contribution in [1.82, 2.24) is 5.32 Å². The van der Waals surface area contributed by atoms with Crippen molar-refractivity contribution in [2.75, 3.05) is 18.5 Å². The van der Waals surface area contributed by atoms with Gasteiger partial charge in [0.05, 0.1) is 5.54 Å². The van der Waals surface area contributed by atoms with Crippen LogP contribution in [0.1, 0.15) is 28.8 Å². The molecule has 19 heavy (non-hydrogen) atoms. The fourth-order valence-electron chi connectivity index (χ4n) is 2.23. The van der Waals surface area contributed by atoms with Crippen LogP contribution in [0.4, 0.5) is 0 Å². The molecule has 1 heterocycles. The summed E-state index contributed by atoms with van der Waals surface area (Å²) in [7, 11) is 0. The van der Waals surface area contributed by atoms with Gasteiger partial charge in [0.2, 0.25) is 0 Å². The molecule has 1 aliphatic heterocycles. The van der Waals surface area contributed by atoms with Crippen LogP contribution in [0, 0.1) is 6.92 Å². The van der Waals surface area contributed by atoms with Gasteiger partial charge in [0.25, 0.3) is 5.91 Å². The monoisotopic (exact) mass is 345 g/mol. The molecule has 1 fully saturated rings. The summed E-state index contributed by atoms with van der Waals surface area (Å²) < 4.78 is 5.36. The smallest absolute Gasteiger partial charge is 0.251 e. The molecule has 1 aromatic carbocycles. The lowest BCUT2D eigenvalue weighted by Crippen LogP contribution is -2.53. The van der Waals surface area contributed by atoms with Crippen LogP contribution in [0.25, 0.3) is 0 Å². The van der Waals surface area contributed by atoms with Crippen LogP contribution in [0.15, 0.2) is 18.2 Å². The van der Waals surface area contributed by atoms with E-state index in [1.165, 1.54) is 0 Å². The highest BCUT2D eigenvalue weighted by Crippen LogP contribution is 2.24. The molecule has 1 N–H and O–H groups in total. The first-order valence-electron chi connectivity index (χ1n) is 6.28. The molecule has 104 valence electrons. The molecule has 0 aromatic heterocycles. The first-order chi connectivity index (χ1) is 9.04. The molecule has 0 atom stereocenters. The van der Waals surface area contributed by atoms with Crippen molar-refractivity contribution in [2.24, 2.45) is 0 Å². The zero-order valence-electron chi connectivity index (χ0n) is 10.8. The Morgan fingerprint density at radius 1 is 1.42 bits per heavy atom. The molecule has 0 aliphatic carbocycles. The highest BCUT2D eigenvalue weighted by molar-refractivity contribution is 9.09. The highest BCUT2D eigenvalue weighted by Gasteiger charge is 2.33. The van der Waals surface area contributed by atoms with Gasteiger partial charge in [0.15, 0.2) is 0 Å². The Bertz CT molecular complexity index is 452. The lowest BCUT2D eigenvalue weighted by atomic mass is 9.92. The number of carbonyl (C=O) groups is 1. The molecular weight excluding hydrogens is 330 g/mol. The van der Waals surface area contributed by atoms with Crippen LogP contribution < -0.4 is 5.32 Å². The number of alkyl halides is 1. The minimum absolute atomic E-state index is 0.0769. The third kappa shape index (κ3) is 3.71. The van der Waals surface area contributed by atoms with Gasteiger partial charge in [-0.05, 0) is 43.5 Å². The maximum Gasteiger partial charge on any atom is 0.251 e. The van der Waals surface area contributed by atoms with Gasteiger partial charge in [-0.2, -0.15) is 0 Å². The van der Waals surface area contributed by atoms with E-state index in [-0.39, 0.29) is 11.4 Å². The summed E-state index contributed by atoms with van der Waals surface area (Å²) in [4.78, 5) is 12.4. The molecule has 3 nitrogen and oxygen atoms in total. The van der Waals surface area contributed by atoms with Gasteiger partial charge >= 0.3 is 0 Å². The summed E-state index contributed by atoms with van der Waals surface area (Å²) in [6.45, 7) is 3.29. The van der Waals surface area contributed by atoms with Crippen molar-refractivity contribution < 1.29 is 9.53 Å². The molecule has 0 radical (unpaired) electrons. The lowest BCUT2D eigenvalue weighted by Gasteiger charge is -2.36. The predicted molar refractivity (Wildman–Crippen MR) is 80.2 cm³/mol. The Balaban J connectivity index is 2.15. The quantitative estimate of drug-likeness (QED) is 0.853. The second-order valence-electron chi connectivity index (χ2n) is 5.00. The fraction of sp³-hybridized carbons (Fsp3) is 0.500. The maximum atomic E-state index is 12.4. The summed E-state index contributed by atoms with van der Waals surface area (Å²) in [5.41, 5.74) is 1.38. The van der Waals surface area contributed by atoms with E-state index in [2.05, 4.69) is 21.2 Å². The number of nitrogens with one attached hydrogen (secondary N) is 1. The molecule has 0 saturated carbocycles. The first-order valence-corrected chi connectivity index (χ1v) is 7.78. The number of carbonyl (C=O) groups excluding carboxylic acids is 1. The van der Waals surface area contributed by atoms with E-state index in [9.17, 15) is 4.79 Å². The van der Waals surface area contributed by atoms with Crippen LogP contribution in [0.5, 0.6) is 0 Å². The molecule has 0 spiro atoms. The van der Waals surface area contributed by atoms with Crippen LogP contribution in [0.2, 0.25) is 5.02 Å². The average Bonchev–Trinajstić information content (AvgIpc) is 2.38. The maximum absolute atomic E-state index is 12.4. The Kier molecular flexibility index (Phi) is 4.87. The highest BCUT2D eigenvalue weighted by atomic mass is 79.9. The number of hydrogen-bond acceptors (Lipinski definition) is 2. The second kappa shape index (κ2) is 6.25. The van der Waals surface area contributed by atoms with E-state index in [0.717, 1.165) is 23.7 Å². The number of aryl methyl sites for hydroxylation is 1. The molecule has 1 saturated heterocycles. The Morgan fingerprint density at radius 3 is 2.68 bits per heavy atom. The molecular formula is C14H17BrClNO2.